The number of aliphatic hydroxyl groups excluding tert-OH is 2. The Kier molecular flexibility index (Phi) is 6.92. The second-order valence-electron chi connectivity index (χ2n) is 3.47. The van der Waals surface area contributed by atoms with Crippen molar-refractivity contribution in [1.82, 2.24) is 0 Å². The minimum absolute atomic E-state index is 0.0326. The molecule has 2 N–H and O–H groups in total. The lowest BCUT2D eigenvalue weighted by atomic mass is 9.88. The molecule has 0 aliphatic carbocycles. The predicted octanol–water partition coefficient (Wildman–Crippen LogP) is 1.91. The van der Waals surface area contributed by atoms with Crippen molar-refractivity contribution in [1.29, 1.82) is 0 Å². The molecule has 0 saturated carbocycles. The Morgan fingerprint density at radius 3 is 2.23 bits per heavy atom. The van der Waals surface area contributed by atoms with Gasteiger partial charge in [0.2, 0.25) is 0 Å². The fourth-order valence-corrected chi connectivity index (χ4v) is 1.59. The van der Waals surface area contributed by atoms with E-state index in [0.29, 0.717) is 12.8 Å². The van der Waals surface area contributed by atoms with Crippen molar-refractivity contribution in [3.63, 3.8) is 0 Å². The lowest BCUT2D eigenvalue weighted by molar-refractivity contribution is 0.00755. The maximum atomic E-state index is 9.67. The van der Waals surface area contributed by atoms with Crippen molar-refractivity contribution >= 4 is 0 Å². The highest BCUT2D eigenvalue weighted by molar-refractivity contribution is 4.80. The van der Waals surface area contributed by atoms with E-state index in [2.05, 4.69) is 0 Å². The van der Waals surface area contributed by atoms with E-state index in [9.17, 15) is 10.2 Å². The normalized spacial score (nSPS) is 17.8. The van der Waals surface area contributed by atoms with Crippen LogP contribution < -0.4 is 0 Å². The van der Waals surface area contributed by atoms with Gasteiger partial charge in [0.1, 0.15) is 0 Å². The molecule has 0 rings (SSSR count). The first kappa shape index (κ1) is 12.7. The fourth-order valence-electron chi connectivity index (χ4n) is 1.59. The van der Waals surface area contributed by atoms with Crippen molar-refractivity contribution in [2.45, 2.75) is 51.7 Å². The molecular weight excluding hydrogens is 164 g/mol. The molecule has 3 atom stereocenters. The van der Waals surface area contributed by atoms with E-state index in [-0.39, 0.29) is 5.92 Å². The Morgan fingerprint density at radius 1 is 1.23 bits per heavy atom. The monoisotopic (exact) mass is 185 g/mol. The molecule has 3 unspecified atom stereocenters. The number of aliphatic hydroxyl groups is 2. The molecule has 2 heteroatoms. The summed E-state index contributed by atoms with van der Waals surface area (Å²) in [6.07, 6.45) is 3.52. The van der Waals surface area contributed by atoms with Gasteiger partial charge >= 0.3 is 0 Å². The molecule has 0 saturated heterocycles. The van der Waals surface area contributed by atoms with Crippen molar-refractivity contribution in [2.24, 2.45) is 5.92 Å². The molecule has 0 aromatic heterocycles. The molecule has 77 valence electrons. The van der Waals surface area contributed by atoms with Gasteiger partial charge in [-0.1, -0.05) is 32.9 Å². The lowest BCUT2D eigenvalue weighted by Gasteiger charge is -2.25. The standard InChI is InChI=1S/C11H21O2/c1-4-7-9(10(12)6-3)11(13)8-5-2/h2,5,9-13H,4,6-8H2,1,3H3. The Hall–Kier alpha value is -0.340. The van der Waals surface area contributed by atoms with Gasteiger partial charge in [0.05, 0.1) is 12.2 Å². The van der Waals surface area contributed by atoms with Gasteiger partial charge in [-0.25, -0.2) is 0 Å². The van der Waals surface area contributed by atoms with Crippen LogP contribution in [-0.2, 0) is 0 Å². The topological polar surface area (TPSA) is 40.5 Å². The first-order valence-corrected chi connectivity index (χ1v) is 5.06. The van der Waals surface area contributed by atoms with Gasteiger partial charge < -0.3 is 10.2 Å². The Morgan fingerprint density at radius 2 is 1.85 bits per heavy atom. The first-order chi connectivity index (χ1) is 6.17. The third-order valence-electron chi connectivity index (χ3n) is 2.41. The summed E-state index contributed by atoms with van der Waals surface area (Å²) in [6.45, 7) is 9.21. The Bertz CT molecular complexity index is 134. The van der Waals surface area contributed by atoms with Gasteiger partial charge in [-0.3, -0.25) is 0 Å². The molecule has 0 amide bonds. The van der Waals surface area contributed by atoms with Crippen LogP contribution in [0.3, 0.4) is 0 Å². The van der Waals surface area contributed by atoms with Gasteiger partial charge in [-0.05, 0) is 19.3 Å². The van der Waals surface area contributed by atoms with E-state index in [1.54, 1.807) is 0 Å². The van der Waals surface area contributed by atoms with Crippen molar-refractivity contribution in [3.8, 4) is 0 Å². The molecular formula is C11H21O2. The van der Waals surface area contributed by atoms with Crippen LogP contribution in [0.15, 0.2) is 6.08 Å². The number of hydrogen-bond donors (Lipinski definition) is 2. The molecule has 0 fully saturated rings. The van der Waals surface area contributed by atoms with E-state index >= 15 is 0 Å². The van der Waals surface area contributed by atoms with Gasteiger partial charge in [0.15, 0.2) is 0 Å². The molecule has 0 aliphatic heterocycles. The number of hydrogen-bond acceptors (Lipinski definition) is 2. The molecule has 0 aromatic carbocycles. The van der Waals surface area contributed by atoms with E-state index in [1.807, 2.05) is 13.8 Å². The van der Waals surface area contributed by atoms with Gasteiger partial charge in [0.25, 0.3) is 0 Å². The summed E-state index contributed by atoms with van der Waals surface area (Å²) in [7, 11) is 0. The van der Waals surface area contributed by atoms with Crippen LogP contribution in [0, 0.1) is 12.5 Å². The molecule has 0 aliphatic rings. The van der Waals surface area contributed by atoms with Crippen LogP contribution in [-0.4, -0.2) is 22.4 Å². The van der Waals surface area contributed by atoms with Crippen LogP contribution in [0.2, 0.25) is 0 Å². The van der Waals surface area contributed by atoms with Crippen LogP contribution in [0.5, 0.6) is 0 Å². The molecule has 0 bridgehead atoms. The largest absolute Gasteiger partial charge is 0.393 e. The van der Waals surface area contributed by atoms with E-state index < -0.39 is 12.2 Å². The SMILES string of the molecule is [CH]=CCC(O)C(CCC)C(O)CC. The predicted molar refractivity (Wildman–Crippen MR) is 54.2 cm³/mol. The van der Waals surface area contributed by atoms with Crippen molar-refractivity contribution in [2.75, 3.05) is 0 Å². The highest BCUT2D eigenvalue weighted by Crippen LogP contribution is 2.20. The van der Waals surface area contributed by atoms with Gasteiger partial charge in [0, 0.05) is 5.92 Å². The van der Waals surface area contributed by atoms with Crippen LogP contribution in [0.1, 0.15) is 39.5 Å². The summed E-state index contributed by atoms with van der Waals surface area (Å²) >= 11 is 0. The minimum Gasteiger partial charge on any atom is -0.393 e. The summed E-state index contributed by atoms with van der Waals surface area (Å²) in [5.74, 6) is -0.0326. The van der Waals surface area contributed by atoms with Crippen LogP contribution >= 0.6 is 0 Å². The third-order valence-corrected chi connectivity index (χ3v) is 2.41. The zero-order valence-corrected chi connectivity index (χ0v) is 8.61. The quantitative estimate of drug-likeness (QED) is 0.636. The molecule has 0 spiro atoms. The highest BCUT2D eigenvalue weighted by Gasteiger charge is 2.23. The average Bonchev–Trinajstić information content (AvgIpc) is 2.13. The van der Waals surface area contributed by atoms with Gasteiger partial charge in [-0.2, -0.15) is 0 Å². The van der Waals surface area contributed by atoms with Crippen molar-refractivity contribution < 1.29 is 10.2 Å². The zero-order chi connectivity index (χ0) is 10.3. The summed E-state index contributed by atoms with van der Waals surface area (Å²) in [4.78, 5) is 0. The smallest absolute Gasteiger partial charge is 0.0627 e. The first-order valence-electron chi connectivity index (χ1n) is 5.06. The van der Waals surface area contributed by atoms with E-state index in [4.69, 9.17) is 6.58 Å². The molecule has 13 heavy (non-hydrogen) atoms. The molecule has 0 heterocycles. The minimum atomic E-state index is -0.500. The highest BCUT2D eigenvalue weighted by atomic mass is 16.3. The second kappa shape index (κ2) is 7.10. The average molecular weight is 185 g/mol. The third kappa shape index (κ3) is 4.44. The fraction of sp³-hybridized carbons (Fsp3) is 0.818. The molecule has 1 radical (unpaired) electrons. The van der Waals surface area contributed by atoms with E-state index in [1.165, 1.54) is 6.08 Å². The lowest BCUT2D eigenvalue weighted by Crippen LogP contribution is -2.31. The Balaban J connectivity index is 4.12. The maximum Gasteiger partial charge on any atom is 0.0627 e. The van der Waals surface area contributed by atoms with Crippen LogP contribution in [0.4, 0.5) is 0 Å². The summed E-state index contributed by atoms with van der Waals surface area (Å²) in [5, 5.41) is 19.3. The van der Waals surface area contributed by atoms with E-state index in [0.717, 1.165) is 12.8 Å². The summed E-state index contributed by atoms with van der Waals surface area (Å²) in [5.41, 5.74) is 0. The summed E-state index contributed by atoms with van der Waals surface area (Å²) < 4.78 is 0. The molecule has 0 aromatic rings. The van der Waals surface area contributed by atoms with Crippen LogP contribution in [0.25, 0.3) is 0 Å². The maximum absolute atomic E-state index is 9.67. The Labute approximate surface area is 81.3 Å². The zero-order valence-electron chi connectivity index (χ0n) is 8.61. The van der Waals surface area contributed by atoms with Gasteiger partial charge in [-0.15, -0.1) is 0 Å². The van der Waals surface area contributed by atoms with Crippen molar-refractivity contribution in [3.05, 3.63) is 12.7 Å². The number of rotatable bonds is 7. The summed E-state index contributed by atoms with van der Waals surface area (Å²) in [6, 6.07) is 0. The molecule has 2 nitrogen and oxygen atoms in total. The second-order valence-corrected chi connectivity index (χ2v) is 3.47.